The fourth-order valence-corrected chi connectivity index (χ4v) is 4.35. The molecule has 2 N–H and O–H groups in total. The fraction of sp³-hybridized carbons (Fsp3) is 0.261. The zero-order valence-electron chi connectivity index (χ0n) is 17.7. The van der Waals surface area contributed by atoms with Gasteiger partial charge in [0.1, 0.15) is 5.75 Å². The molecule has 0 aliphatic carbocycles. The van der Waals surface area contributed by atoms with Crippen LogP contribution in [0.3, 0.4) is 0 Å². The van der Waals surface area contributed by atoms with Crippen molar-refractivity contribution in [2.24, 2.45) is 0 Å². The molecule has 0 radical (unpaired) electrons. The number of rotatable bonds is 9. The van der Waals surface area contributed by atoms with Crippen LogP contribution < -0.4 is 15.4 Å². The summed E-state index contributed by atoms with van der Waals surface area (Å²) in [6, 6.07) is 15.1. The number of anilines is 2. The Labute approximate surface area is 190 Å². The molecule has 1 atom stereocenters. The Hall–Kier alpha value is -2.84. The van der Waals surface area contributed by atoms with Crippen molar-refractivity contribution in [3.8, 4) is 17.0 Å². The molecule has 3 aromatic rings. The molecular formula is C23H25N3O3S2. The Morgan fingerprint density at radius 3 is 2.45 bits per heavy atom. The minimum Gasteiger partial charge on any atom is -0.497 e. The van der Waals surface area contributed by atoms with Gasteiger partial charge >= 0.3 is 0 Å². The average Bonchev–Trinajstić information content (AvgIpc) is 3.23. The Morgan fingerprint density at radius 2 is 1.81 bits per heavy atom. The SMILES string of the molecule is CCCC(=O)Nc1ccc(SC(C)C(=O)Nc2nc(-c3ccc(OC)cc3)cs2)cc1. The molecular weight excluding hydrogens is 430 g/mol. The van der Waals surface area contributed by atoms with Gasteiger partial charge in [0.25, 0.3) is 0 Å². The molecule has 31 heavy (non-hydrogen) atoms. The van der Waals surface area contributed by atoms with Gasteiger partial charge < -0.3 is 15.4 Å². The quantitative estimate of drug-likeness (QED) is 0.406. The molecule has 0 aliphatic heterocycles. The van der Waals surface area contributed by atoms with E-state index in [1.54, 1.807) is 7.11 Å². The number of thiazole rings is 1. The van der Waals surface area contributed by atoms with Gasteiger partial charge in [0.2, 0.25) is 11.8 Å². The van der Waals surface area contributed by atoms with Crippen LogP contribution in [-0.2, 0) is 9.59 Å². The first kappa shape index (κ1) is 22.8. The van der Waals surface area contributed by atoms with Crippen molar-refractivity contribution in [3.63, 3.8) is 0 Å². The number of hydrogen-bond donors (Lipinski definition) is 2. The normalized spacial score (nSPS) is 11.6. The first-order valence-electron chi connectivity index (χ1n) is 9.96. The number of thioether (sulfide) groups is 1. The number of benzene rings is 2. The number of aromatic nitrogens is 1. The highest BCUT2D eigenvalue weighted by atomic mass is 32.2. The number of nitrogens with one attached hydrogen (secondary N) is 2. The highest BCUT2D eigenvalue weighted by molar-refractivity contribution is 8.00. The van der Waals surface area contributed by atoms with Crippen molar-refractivity contribution in [2.45, 2.75) is 36.8 Å². The van der Waals surface area contributed by atoms with Crippen LogP contribution in [0, 0.1) is 0 Å². The Kier molecular flexibility index (Phi) is 8.08. The predicted molar refractivity (Wildman–Crippen MR) is 128 cm³/mol. The van der Waals surface area contributed by atoms with Gasteiger partial charge in [-0.2, -0.15) is 0 Å². The number of carbonyl (C=O) groups is 2. The van der Waals surface area contributed by atoms with Crippen LogP contribution in [0.25, 0.3) is 11.3 Å². The topological polar surface area (TPSA) is 80.3 Å². The second-order valence-electron chi connectivity index (χ2n) is 6.84. The van der Waals surface area contributed by atoms with E-state index < -0.39 is 0 Å². The van der Waals surface area contributed by atoms with E-state index in [1.807, 2.05) is 67.8 Å². The van der Waals surface area contributed by atoms with E-state index in [-0.39, 0.29) is 17.1 Å². The summed E-state index contributed by atoms with van der Waals surface area (Å²) in [7, 11) is 1.63. The molecule has 162 valence electrons. The lowest BCUT2D eigenvalue weighted by molar-refractivity contribution is -0.116. The smallest absolute Gasteiger partial charge is 0.239 e. The van der Waals surface area contributed by atoms with Crippen molar-refractivity contribution < 1.29 is 14.3 Å². The molecule has 6 nitrogen and oxygen atoms in total. The van der Waals surface area contributed by atoms with Gasteiger partial charge in [0, 0.05) is 27.9 Å². The maximum Gasteiger partial charge on any atom is 0.239 e. The second-order valence-corrected chi connectivity index (χ2v) is 9.11. The molecule has 0 saturated carbocycles. The lowest BCUT2D eigenvalue weighted by Gasteiger charge is -2.11. The van der Waals surface area contributed by atoms with E-state index in [0.29, 0.717) is 11.6 Å². The Morgan fingerprint density at radius 1 is 1.10 bits per heavy atom. The summed E-state index contributed by atoms with van der Waals surface area (Å²) in [6.45, 7) is 3.83. The minimum atomic E-state index is -0.297. The van der Waals surface area contributed by atoms with Crippen LogP contribution in [0.5, 0.6) is 5.75 Å². The molecule has 0 spiro atoms. The van der Waals surface area contributed by atoms with E-state index in [1.165, 1.54) is 23.1 Å². The molecule has 0 bridgehead atoms. The van der Waals surface area contributed by atoms with Gasteiger partial charge in [-0.1, -0.05) is 6.92 Å². The number of methoxy groups -OCH3 is 1. The van der Waals surface area contributed by atoms with Crippen molar-refractivity contribution in [1.29, 1.82) is 0 Å². The van der Waals surface area contributed by atoms with Crippen molar-refractivity contribution >= 4 is 45.7 Å². The van der Waals surface area contributed by atoms with E-state index in [4.69, 9.17) is 4.74 Å². The van der Waals surface area contributed by atoms with E-state index in [2.05, 4.69) is 15.6 Å². The van der Waals surface area contributed by atoms with Crippen LogP contribution in [0.2, 0.25) is 0 Å². The van der Waals surface area contributed by atoms with E-state index in [9.17, 15) is 9.59 Å². The summed E-state index contributed by atoms with van der Waals surface area (Å²) in [5.74, 6) is 0.684. The lowest BCUT2D eigenvalue weighted by Crippen LogP contribution is -2.22. The van der Waals surface area contributed by atoms with Gasteiger partial charge in [0.15, 0.2) is 5.13 Å². The molecule has 0 saturated heterocycles. The number of amides is 2. The summed E-state index contributed by atoms with van der Waals surface area (Å²) >= 11 is 2.85. The van der Waals surface area contributed by atoms with Gasteiger partial charge in [-0.25, -0.2) is 4.98 Å². The molecule has 8 heteroatoms. The third-order valence-electron chi connectivity index (χ3n) is 4.42. The van der Waals surface area contributed by atoms with E-state index in [0.717, 1.165) is 34.0 Å². The van der Waals surface area contributed by atoms with Crippen LogP contribution in [-0.4, -0.2) is 29.2 Å². The fourth-order valence-electron chi connectivity index (χ4n) is 2.76. The van der Waals surface area contributed by atoms with Crippen LogP contribution in [0.4, 0.5) is 10.8 Å². The van der Waals surface area contributed by atoms with Crippen molar-refractivity contribution in [1.82, 2.24) is 4.98 Å². The predicted octanol–water partition coefficient (Wildman–Crippen LogP) is 5.68. The maximum atomic E-state index is 12.6. The number of hydrogen-bond acceptors (Lipinski definition) is 6. The molecule has 2 amide bonds. The number of carbonyl (C=O) groups excluding carboxylic acids is 2. The van der Waals surface area contributed by atoms with Gasteiger partial charge in [-0.15, -0.1) is 23.1 Å². The standard InChI is InChI=1S/C23H25N3O3S2/c1-4-5-21(27)24-17-8-12-19(13-9-17)31-15(2)22(28)26-23-25-20(14-30-23)16-6-10-18(29-3)11-7-16/h6-15H,4-5H2,1-3H3,(H,24,27)(H,25,26,28). The van der Waals surface area contributed by atoms with Crippen molar-refractivity contribution in [2.75, 3.05) is 17.7 Å². The number of nitrogens with zero attached hydrogens (tertiary/aromatic N) is 1. The Bertz CT molecular complexity index is 1020. The first-order valence-corrected chi connectivity index (χ1v) is 11.7. The summed E-state index contributed by atoms with van der Waals surface area (Å²) in [4.78, 5) is 29.7. The number of ether oxygens (including phenoxy) is 1. The Balaban J connectivity index is 1.54. The molecule has 2 aromatic carbocycles. The molecule has 1 heterocycles. The summed E-state index contributed by atoms with van der Waals surface area (Å²) < 4.78 is 5.18. The maximum absolute atomic E-state index is 12.6. The monoisotopic (exact) mass is 455 g/mol. The summed E-state index contributed by atoms with van der Waals surface area (Å²) in [5, 5.41) is 7.94. The zero-order chi connectivity index (χ0) is 22.2. The molecule has 0 fully saturated rings. The first-order chi connectivity index (χ1) is 15.0. The zero-order valence-corrected chi connectivity index (χ0v) is 19.3. The van der Waals surface area contributed by atoms with Gasteiger partial charge in [0.05, 0.1) is 18.1 Å². The molecule has 0 aliphatic rings. The second kappa shape index (κ2) is 11.0. The van der Waals surface area contributed by atoms with Gasteiger partial charge in [-0.05, 0) is 61.9 Å². The highest BCUT2D eigenvalue weighted by Gasteiger charge is 2.16. The largest absolute Gasteiger partial charge is 0.497 e. The van der Waals surface area contributed by atoms with Gasteiger partial charge in [-0.3, -0.25) is 9.59 Å². The van der Waals surface area contributed by atoms with Crippen LogP contribution in [0.15, 0.2) is 58.8 Å². The molecule has 3 rings (SSSR count). The lowest BCUT2D eigenvalue weighted by atomic mass is 10.2. The third-order valence-corrected chi connectivity index (χ3v) is 6.29. The average molecular weight is 456 g/mol. The minimum absolute atomic E-state index is 0.00751. The molecule has 1 unspecified atom stereocenters. The van der Waals surface area contributed by atoms with Crippen LogP contribution in [0.1, 0.15) is 26.7 Å². The van der Waals surface area contributed by atoms with Crippen LogP contribution >= 0.6 is 23.1 Å². The van der Waals surface area contributed by atoms with E-state index >= 15 is 0 Å². The third kappa shape index (κ3) is 6.57. The summed E-state index contributed by atoms with van der Waals surface area (Å²) in [5.41, 5.74) is 2.53. The summed E-state index contributed by atoms with van der Waals surface area (Å²) in [6.07, 6.45) is 1.32. The molecule has 1 aromatic heterocycles. The van der Waals surface area contributed by atoms with Crippen molar-refractivity contribution in [3.05, 3.63) is 53.9 Å². The highest BCUT2D eigenvalue weighted by Crippen LogP contribution is 2.29.